The molecule has 1 aliphatic rings. The van der Waals surface area contributed by atoms with Crippen molar-refractivity contribution in [2.75, 3.05) is 11.0 Å². The summed E-state index contributed by atoms with van der Waals surface area (Å²) in [5, 5.41) is 9.87. The highest BCUT2D eigenvalue weighted by Gasteiger charge is 2.47. The van der Waals surface area contributed by atoms with Crippen LogP contribution in [0, 0.1) is 11.3 Å². The second-order valence-electron chi connectivity index (χ2n) is 9.63. The minimum atomic E-state index is -3.50. The fraction of sp³-hybridized carbons (Fsp3) is 0.346. The average molecular weight is 563 g/mol. The average Bonchev–Trinajstić information content (AvgIpc) is 2.82. The van der Waals surface area contributed by atoms with Crippen LogP contribution in [0.2, 0.25) is 5.02 Å². The molecule has 38 heavy (non-hydrogen) atoms. The molecule has 0 atom stereocenters. The summed E-state index contributed by atoms with van der Waals surface area (Å²) in [7, 11) is -3.50. The predicted molar refractivity (Wildman–Crippen MR) is 138 cm³/mol. The third kappa shape index (κ3) is 6.49. The summed E-state index contributed by atoms with van der Waals surface area (Å²) >= 11 is 6.44. The van der Waals surface area contributed by atoms with E-state index in [-0.39, 0.29) is 28.9 Å². The number of hydrogen-bond donors (Lipinski definition) is 1. The first-order valence-electron chi connectivity index (χ1n) is 11.6. The van der Waals surface area contributed by atoms with Crippen LogP contribution < -0.4 is 14.2 Å². The van der Waals surface area contributed by atoms with Crippen LogP contribution in [0.4, 0.5) is 14.7 Å². The molecular formula is C26H25ClF2N4O4S. The predicted octanol–water partition coefficient (Wildman–Crippen LogP) is 5.45. The van der Waals surface area contributed by atoms with Crippen LogP contribution >= 0.6 is 11.6 Å². The molecule has 0 radical (unpaired) electrons. The van der Waals surface area contributed by atoms with E-state index in [1.54, 1.807) is 30.3 Å². The zero-order valence-corrected chi connectivity index (χ0v) is 22.4. The number of nitriles is 1. The van der Waals surface area contributed by atoms with Gasteiger partial charge >= 0.3 is 0 Å². The molecule has 1 aromatic heterocycles. The first-order valence-corrected chi connectivity index (χ1v) is 13.8. The van der Waals surface area contributed by atoms with Crippen molar-refractivity contribution in [2.24, 2.45) is 0 Å². The van der Waals surface area contributed by atoms with Crippen molar-refractivity contribution in [2.45, 2.75) is 50.7 Å². The van der Waals surface area contributed by atoms with Gasteiger partial charge in [0.05, 0.1) is 22.5 Å². The minimum absolute atomic E-state index is 0.0388. The summed E-state index contributed by atoms with van der Waals surface area (Å²) in [4.78, 5) is 8.00. The maximum Gasteiger partial charge on any atom is 0.255 e. The maximum atomic E-state index is 13.2. The van der Waals surface area contributed by atoms with E-state index in [2.05, 4.69) is 20.8 Å². The summed E-state index contributed by atoms with van der Waals surface area (Å²) < 4.78 is 62.8. The normalized spacial score (nSPS) is 15.3. The largest absolute Gasteiger partial charge is 0.487 e. The molecule has 0 aliphatic heterocycles. The van der Waals surface area contributed by atoms with Gasteiger partial charge in [0.15, 0.2) is 5.75 Å². The lowest BCUT2D eigenvalue weighted by Crippen LogP contribution is -2.43. The first kappa shape index (κ1) is 27.5. The van der Waals surface area contributed by atoms with Crippen LogP contribution in [-0.2, 0) is 22.0 Å². The Morgan fingerprint density at radius 1 is 1.18 bits per heavy atom. The Morgan fingerprint density at radius 3 is 2.47 bits per heavy atom. The number of hydrogen-bond acceptors (Lipinski definition) is 7. The van der Waals surface area contributed by atoms with Crippen molar-refractivity contribution < 1.29 is 26.7 Å². The second-order valence-corrected chi connectivity index (χ2v) is 11.8. The molecule has 8 nitrogen and oxygen atoms in total. The molecule has 4 rings (SSSR count). The summed E-state index contributed by atoms with van der Waals surface area (Å²) in [5.41, 5.74) is 1.78. The lowest BCUT2D eigenvalue weighted by molar-refractivity contribution is -0.134. The van der Waals surface area contributed by atoms with Crippen molar-refractivity contribution in [3.8, 4) is 17.6 Å². The Morgan fingerprint density at radius 2 is 1.87 bits per heavy atom. The molecule has 1 aliphatic carbocycles. The minimum Gasteiger partial charge on any atom is -0.487 e. The van der Waals surface area contributed by atoms with E-state index in [0.29, 0.717) is 11.4 Å². The van der Waals surface area contributed by atoms with E-state index in [9.17, 15) is 22.5 Å². The van der Waals surface area contributed by atoms with E-state index in [1.165, 1.54) is 6.20 Å². The van der Waals surface area contributed by atoms with Crippen molar-refractivity contribution in [1.82, 2.24) is 9.97 Å². The number of nitrogens with one attached hydrogen (secondary N) is 1. The Bertz CT molecular complexity index is 1480. The lowest BCUT2D eigenvalue weighted by atomic mass is 9.77. The number of rotatable bonds is 9. The van der Waals surface area contributed by atoms with Gasteiger partial charge in [0.1, 0.15) is 24.5 Å². The molecule has 0 unspecified atom stereocenters. The molecule has 3 aromatic rings. The van der Waals surface area contributed by atoms with Gasteiger partial charge in [-0.1, -0.05) is 37.6 Å². The Balaban J connectivity index is 1.47. The SMILES string of the molecule is CC(C)(c1ccc(OCc2ccnc(NS(C)(=O)=O)n2)cc1)c1cc(Cl)c(OC2CC(F)(F)C2)c(C#N)c1. The summed E-state index contributed by atoms with van der Waals surface area (Å²) in [6, 6.07) is 14.4. The van der Waals surface area contributed by atoms with Crippen LogP contribution in [0.5, 0.6) is 11.5 Å². The van der Waals surface area contributed by atoms with E-state index in [4.69, 9.17) is 21.1 Å². The molecule has 0 spiro atoms. The molecular weight excluding hydrogens is 538 g/mol. The van der Waals surface area contributed by atoms with Crippen molar-refractivity contribution in [1.29, 1.82) is 5.26 Å². The molecule has 0 saturated heterocycles. The molecule has 1 saturated carbocycles. The summed E-state index contributed by atoms with van der Waals surface area (Å²) in [6.07, 6.45) is 0.977. The van der Waals surface area contributed by atoms with E-state index >= 15 is 0 Å². The maximum absolute atomic E-state index is 13.2. The van der Waals surface area contributed by atoms with Crippen LogP contribution in [0.3, 0.4) is 0 Å². The summed E-state index contributed by atoms with van der Waals surface area (Å²) in [6.45, 7) is 4.04. The number of sulfonamides is 1. The quantitative estimate of drug-likeness (QED) is 0.368. The Hall–Kier alpha value is -3.49. The van der Waals surface area contributed by atoms with Gasteiger partial charge in [0, 0.05) is 24.5 Å². The molecule has 1 fully saturated rings. The first-order chi connectivity index (χ1) is 17.8. The van der Waals surface area contributed by atoms with Crippen LogP contribution in [0.25, 0.3) is 0 Å². The van der Waals surface area contributed by atoms with Crippen LogP contribution in [0.15, 0.2) is 48.7 Å². The summed E-state index contributed by atoms with van der Waals surface area (Å²) in [5.74, 6) is -2.09. The molecule has 2 aromatic carbocycles. The van der Waals surface area contributed by atoms with E-state index < -0.39 is 40.3 Å². The molecule has 0 amide bonds. The molecule has 1 N–H and O–H groups in total. The Labute approximate surface area is 224 Å². The number of ether oxygens (including phenoxy) is 2. The highest BCUT2D eigenvalue weighted by molar-refractivity contribution is 7.91. The van der Waals surface area contributed by atoms with Crippen molar-refractivity contribution >= 4 is 27.6 Å². The monoisotopic (exact) mass is 562 g/mol. The number of benzene rings is 2. The van der Waals surface area contributed by atoms with E-state index in [1.807, 2.05) is 26.0 Å². The fourth-order valence-electron chi connectivity index (χ4n) is 4.00. The van der Waals surface area contributed by atoms with Crippen molar-refractivity contribution in [3.63, 3.8) is 0 Å². The van der Waals surface area contributed by atoms with Gasteiger partial charge in [-0.15, -0.1) is 0 Å². The van der Waals surface area contributed by atoms with Gasteiger partial charge in [-0.2, -0.15) is 5.26 Å². The lowest BCUT2D eigenvalue weighted by Gasteiger charge is -2.35. The molecule has 12 heteroatoms. The number of aromatic nitrogens is 2. The smallest absolute Gasteiger partial charge is 0.255 e. The number of nitrogens with zero attached hydrogens (tertiary/aromatic N) is 3. The van der Waals surface area contributed by atoms with Gasteiger partial charge in [-0.25, -0.2) is 27.2 Å². The Kier molecular flexibility index (Phi) is 7.50. The number of anilines is 1. The third-order valence-corrected chi connectivity index (χ3v) is 7.01. The number of halogens is 3. The molecule has 1 heterocycles. The van der Waals surface area contributed by atoms with E-state index in [0.717, 1.165) is 17.4 Å². The zero-order valence-electron chi connectivity index (χ0n) is 20.8. The second kappa shape index (κ2) is 10.3. The topological polar surface area (TPSA) is 114 Å². The standard InChI is InChI=1S/C26H25ClF2N4O4S/c1-25(2,18-10-16(14-30)23(22(27)11-18)37-21-12-26(28,29)13-21)17-4-6-20(7-5-17)36-15-19-8-9-31-24(32-19)33-38(3,34)35/h4-11,21H,12-13,15H2,1-3H3,(H,31,32,33). The van der Waals surface area contributed by atoms with Gasteiger partial charge in [0.25, 0.3) is 5.92 Å². The highest BCUT2D eigenvalue weighted by atomic mass is 35.5. The van der Waals surface area contributed by atoms with Crippen LogP contribution in [0.1, 0.15) is 49.1 Å². The third-order valence-electron chi connectivity index (χ3n) is 6.18. The highest BCUT2D eigenvalue weighted by Crippen LogP contribution is 2.43. The van der Waals surface area contributed by atoms with Gasteiger partial charge in [-0.3, -0.25) is 4.72 Å². The fourth-order valence-corrected chi connectivity index (χ4v) is 4.69. The van der Waals surface area contributed by atoms with Crippen molar-refractivity contribution in [3.05, 3.63) is 76.1 Å². The van der Waals surface area contributed by atoms with Gasteiger partial charge in [-0.05, 0) is 41.5 Å². The molecule has 0 bridgehead atoms. The van der Waals surface area contributed by atoms with Gasteiger partial charge in [0.2, 0.25) is 16.0 Å². The zero-order chi connectivity index (χ0) is 27.7. The van der Waals surface area contributed by atoms with Gasteiger partial charge < -0.3 is 9.47 Å². The van der Waals surface area contributed by atoms with Crippen LogP contribution in [-0.4, -0.2) is 36.7 Å². The number of alkyl halides is 2. The molecule has 200 valence electrons.